The van der Waals surface area contributed by atoms with Crippen molar-refractivity contribution in [3.8, 4) is 0 Å². The Morgan fingerprint density at radius 1 is 0.950 bits per heavy atom. The molecule has 0 fully saturated rings. The highest BCUT2D eigenvalue weighted by Crippen LogP contribution is 2.32. The van der Waals surface area contributed by atoms with Crippen LogP contribution < -0.4 is 5.73 Å². The third-order valence-corrected chi connectivity index (χ3v) is 4.49. The molecular formula is C17H16N2S. The molecule has 0 radical (unpaired) electrons. The summed E-state index contributed by atoms with van der Waals surface area (Å²) in [5.41, 5.74) is 9.32. The Labute approximate surface area is 123 Å². The van der Waals surface area contributed by atoms with Gasteiger partial charge in [-0.2, -0.15) is 0 Å². The van der Waals surface area contributed by atoms with Gasteiger partial charge in [0, 0.05) is 28.8 Å². The van der Waals surface area contributed by atoms with Crippen molar-refractivity contribution in [1.82, 2.24) is 4.98 Å². The topological polar surface area (TPSA) is 38.9 Å². The lowest BCUT2D eigenvalue weighted by molar-refractivity contribution is 1.02. The SMILES string of the molecule is NCc1cnc2ccccc2c1SCc1ccccc1. The summed E-state index contributed by atoms with van der Waals surface area (Å²) >= 11 is 1.83. The second kappa shape index (κ2) is 6.07. The van der Waals surface area contributed by atoms with Crippen LogP contribution >= 0.6 is 11.8 Å². The molecule has 2 aromatic carbocycles. The van der Waals surface area contributed by atoms with E-state index in [9.17, 15) is 0 Å². The van der Waals surface area contributed by atoms with E-state index in [4.69, 9.17) is 5.73 Å². The van der Waals surface area contributed by atoms with Crippen LogP contribution in [-0.2, 0) is 12.3 Å². The molecule has 100 valence electrons. The zero-order valence-electron chi connectivity index (χ0n) is 11.1. The summed E-state index contributed by atoms with van der Waals surface area (Å²) in [6.07, 6.45) is 1.90. The number of fused-ring (bicyclic) bond motifs is 1. The van der Waals surface area contributed by atoms with Gasteiger partial charge in [-0.3, -0.25) is 4.98 Å². The summed E-state index contributed by atoms with van der Waals surface area (Å²) in [5, 5.41) is 1.19. The molecule has 3 rings (SSSR count). The normalized spacial score (nSPS) is 10.8. The fourth-order valence-electron chi connectivity index (χ4n) is 2.20. The Bertz CT molecular complexity index is 711. The predicted octanol–water partition coefficient (Wildman–Crippen LogP) is 3.99. The van der Waals surface area contributed by atoms with E-state index in [2.05, 4.69) is 41.4 Å². The summed E-state index contributed by atoms with van der Waals surface area (Å²) in [7, 11) is 0. The number of rotatable bonds is 4. The van der Waals surface area contributed by atoms with E-state index in [1.54, 1.807) is 0 Å². The average molecular weight is 280 g/mol. The van der Waals surface area contributed by atoms with Gasteiger partial charge in [0.1, 0.15) is 0 Å². The summed E-state index contributed by atoms with van der Waals surface area (Å²) in [5.74, 6) is 0.946. The first-order valence-electron chi connectivity index (χ1n) is 6.62. The number of pyridine rings is 1. The zero-order valence-corrected chi connectivity index (χ0v) is 11.9. The number of benzene rings is 2. The van der Waals surface area contributed by atoms with Gasteiger partial charge in [0.25, 0.3) is 0 Å². The van der Waals surface area contributed by atoms with Crippen LogP contribution in [0.3, 0.4) is 0 Å². The Kier molecular flexibility index (Phi) is 4.00. The van der Waals surface area contributed by atoms with Crippen LogP contribution in [-0.4, -0.2) is 4.98 Å². The highest BCUT2D eigenvalue weighted by Gasteiger charge is 2.08. The van der Waals surface area contributed by atoms with Gasteiger partial charge >= 0.3 is 0 Å². The number of hydrogen-bond donors (Lipinski definition) is 1. The molecule has 0 aliphatic carbocycles. The average Bonchev–Trinajstić information content (AvgIpc) is 2.53. The third-order valence-electron chi connectivity index (χ3n) is 3.25. The first-order valence-corrected chi connectivity index (χ1v) is 7.60. The minimum absolute atomic E-state index is 0.523. The maximum atomic E-state index is 5.86. The first kappa shape index (κ1) is 13.2. The van der Waals surface area contributed by atoms with Gasteiger partial charge in [0.05, 0.1) is 5.52 Å². The molecule has 0 saturated carbocycles. The van der Waals surface area contributed by atoms with Crippen molar-refractivity contribution < 1.29 is 0 Å². The Morgan fingerprint density at radius 2 is 1.70 bits per heavy atom. The lowest BCUT2D eigenvalue weighted by Crippen LogP contribution is -2.00. The lowest BCUT2D eigenvalue weighted by atomic mass is 10.1. The molecule has 20 heavy (non-hydrogen) atoms. The zero-order chi connectivity index (χ0) is 13.8. The van der Waals surface area contributed by atoms with Crippen LogP contribution in [0.5, 0.6) is 0 Å². The monoisotopic (exact) mass is 280 g/mol. The number of nitrogens with two attached hydrogens (primary N) is 1. The highest BCUT2D eigenvalue weighted by atomic mass is 32.2. The molecule has 0 saturated heterocycles. The number of nitrogens with zero attached hydrogens (tertiary/aromatic N) is 1. The minimum atomic E-state index is 0.523. The van der Waals surface area contributed by atoms with Crippen LogP contribution in [0.1, 0.15) is 11.1 Å². The fraction of sp³-hybridized carbons (Fsp3) is 0.118. The number of thioether (sulfide) groups is 1. The van der Waals surface area contributed by atoms with Crippen molar-refractivity contribution in [2.24, 2.45) is 5.73 Å². The van der Waals surface area contributed by atoms with Crippen LogP contribution in [0, 0.1) is 0 Å². The van der Waals surface area contributed by atoms with Crippen LogP contribution in [0.4, 0.5) is 0 Å². The molecule has 0 bridgehead atoms. The summed E-state index contributed by atoms with van der Waals surface area (Å²) < 4.78 is 0. The molecular weight excluding hydrogens is 264 g/mol. The van der Waals surface area contributed by atoms with Gasteiger partial charge in [0.2, 0.25) is 0 Å². The van der Waals surface area contributed by atoms with Crippen molar-refractivity contribution in [3.63, 3.8) is 0 Å². The maximum Gasteiger partial charge on any atom is 0.0713 e. The second-order valence-electron chi connectivity index (χ2n) is 4.61. The van der Waals surface area contributed by atoms with E-state index in [0.29, 0.717) is 6.54 Å². The molecule has 0 aliphatic rings. The van der Waals surface area contributed by atoms with Crippen molar-refractivity contribution in [3.05, 3.63) is 71.9 Å². The van der Waals surface area contributed by atoms with Gasteiger partial charge in [0.15, 0.2) is 0 Å². The smallest absolute Gasteiger partial charge is 0.0713 e. The molecule has 0 amide bonds. The minimum Gasteiger partial charge on any atom is -0.326 e. The Hall–Kier alpha value is -1.84. The van der Waals surface area contributed by atoms with E-state index < -0.39 is 0 Å². The standard InChI is InChI=1S/C17H16N2S/c18-10-14-11-19-16-9-5-4-8-15(16)17(14)20-12-13-6-2-1-3-7-13/h1-9,11H,10,12,18H2. The molecule has 0 unspecified atom stereocenters. The third kappa shape index (κ3) is 2.69. The maximum absolute atomic E-state index is 5.86. The summed E-state index contributed by atoms with van der Waals surface area (Å²) in [6.45, 7) is 0.523. The van der Waals surface area contributed by atoms with Crippen LogP contribution in [0.25, 0.3) is 10.9 Å². The van der Waals surface area contributed by atoms with Gasteiger partial charge in [-0.15, -0.1) is 11.8 Å². The van der Waals surface area contributed by atoms with E-state index >= 15 is 0 Å². The van der Waals surface area contributed by atoms with E-state index in [1.165, 1.54) is 15.8 Å². The second-order valence-corrected chi connectivity index (χ2v) is 5.59. The van der Waals surface area contributed by atoms with Crippen LogP contribution in [0.15, 0.2) is 65.7 Å². The molecule has 3 aromatic rings. The quantitative estimate of drug-likeness (QED) is 0.735. The molecule has 3 heteroatoms. The van der Waals surface area contributed by atoms with E-state index in [0.717, 1.165) is 16.8 Å². The summed E-state index contributed by atoms with van der Waals surface area (Å²) in [4.78, 5) is 5.73. The Morgan fingerprint density at radius 3 is 2.50 bits per heavy atom. The van der Waals surface area contributed by atoms with Crippen molar-refractivity contribution in [2.45, 2.75) is 17.2 Å². The molecule has 0 aliphatic heterocycles. The van der Waals surface area contributed by atoms with E-state index in [-0.39, 0.29) is 0 Å². The highest BCUT2D eigenvalue weighted by molar-refractivity contribution is 7.98. The largest absolute Gasteiger partial charge is 0.326 e. The number of aromatic nitrogens is 1. The molecule has 2 nitrogen and oxygen atoms in total. The van der Waals surface area contributed by atoms with Gasteiger partial charge in [-0.05, 0) is 17.2 Å². The van der Waals surface area contributed by atoms with Crippen molar-refractivity contribution in [1.29, 1.82) is 0 Å². The van der Waals surface area contributed by atoms with Gasteiger partial charge < -0.3 is 5.73 Å². The molecule has 2 N–H and O–H groups in total. The molecule has 0 spiro atoms. The van der Waals surface area contributed by atoms with Gasteiger partial charge in [-0.1, -0.05) is 48.5 Å². The van der Waals surface area contributed by atoms with Crippen molar-refractivity contribution in [2.75, 3.05) is 0 Å². The van der Waals surface area contributed by atoms with E-state index in [1.807, 2.05) is 36.2 Å². The van der Waals surface area contributed by atoms with Crippen molar-refractivity contribution >= 4 is 22.7 Å². The summed E-state index contributed by atoms with van der Waals surface area (Å²) in [6, 6.07) is 18.7. The predicted molar refractivity (Wildman–Crippen MR) is 85.6 cm³/mol. The fourth-order valence-corrected chi connectivity index (χ4v) is 3.36. The number of hydrogen-bond acceptors (Lipinski definition) is 3. The molecule has 0 atom stereocenters. The van der Waals surface area contributed by atoms with Gasteiger partial charge in [-0.25, -0.2) is 0 Å². The lowest BCUT2D eigenvalue weighted by Gasteiger charge is -2.11. The molecule has 1 aromatic heterocycles. The number of para-hydroxylation sites is 1. The molecule has 1 heterocycles. The Balaban J connectivity index is 1.96. The first-order chi connectivity index (χ1) is 9.88. The van der Waals surface area contributed by atoms with Crippen LogP contribution in [0.2, 0.25) is 0 Å².